The Morgan fingerprint density at radius 2 is 2.07 bits per heavy atom. The molecule has 2 heterocycles. The van der Waals surface area contributed by atoms with Gasteiger partial charge in [0.25, 0.3) is 0 Å². The van der Waals surface area contributed by atoms with Crippen LogP contribution in [0.5, 0.6) is 5.75 Å². The van der Waals surface area contributed by atoms with E-state index in [-0.39, 0.29) is 5.82 Å². The highest BCUT2D eigenvalue weighted by Crippen LogP contribution is 2.29. The van der Waals surface area contributed by atoms with Gasteiger partial charge in [-0.15, -0.1) is 5.10 Å². The van der Waals surface area contributed by atoms with Crippen LogP contribution in [0.3, 0.4) is 0 Å². The normalized spacial score (nSPS) is 10.9. The van der Waals surface area contributed by atoms with Crippen molar-refractivity contribution in [3.05, 3.63) is 60.2 Å². The number of halogens is 1. The molecule has 0 aliphatic heterocycles. The highest BCUT2D eigenvalue weighted by molar-refractivity contribution is 7.98. The quantitative estimate of drug-likeness (QED) is 0.437. The molecule has 0 aliphatic carbocycles. The van der Waals surface area contributed by atoms with Crippen molar-refractivity contribution in [3.8, 4) is 22.8 Å². The maximum absolute atomic E-state index is 13.5. The molecular formula is C18H15FN6O2S. The molecule has 2 aromatic heterocycles. The summed E-state index contributed by atoms with van der Waals surface area (Å²) in [5.41, 5.74) is 1.29. The van der Waals surface area contributed by atoms with Gasteiger partial charge in [0.15, 0.2) is 0 Å². The number of thioether (sulfide) groups is 1. The van der Waals surface area contributed by atoms with Gasteiger partial charge in [-0.2, -0.15) is 9.67 Å². The highest BCUT2D eigenvalue weighted by Gasteiger charge is 2.15. The summed E-state index contributed by atoms with van der Waals surface area (Å²) in [6.07, 6.45) is 0. The van der Waals surface area contributed by atoms with E-state index in [2.05, 4.69) is 25.7 Å². The maximum atomic E-state index is 13.5. The number of nitrogens with zero attached hydrogens (tertiary/aromatic N) is 6. The molecule has 0 saturated heterocycles. The minimum Gasteiger partial charge on any atom is -0.493 e. The Labute approximate surface area is 163 Å². The van der Waals surface area contributed by atoms with Crippen LogP contribution in [-0.2, 0) is 5.75 Å². The fourth-order valence-corrected chi connectivity index (χ4v) is 3.25. The summed E-state index contributed by atoms with van der Waals surface area (Å²) in [6, 6.07) is 13.5. The molecule has 0 atom stereocenters. The van der Waals surface area contributed by atoms with Crippen LogP contribution in [0.25, 0.3) is 17.1 Å². The summed E-state index contributed by atoms with van der Waals surface area (Å²) in [5, 5.41) is 16.1. The van der Waals surface area contributed by atoms with Gasteiger partial charge in [-0.1, -0.05) is 35.1 Å². The number of tetrazole rings is 1. The van der Waals surface area contributed by atoms with Gasteiger partial charge in [-0.25, -0.2) is 4.39 Å². The molecule has 0 aliphatic rings. The molecule has 142 valence electrons. The second kappa shape index (κ2) is 8.17. The third-order valence-corrected chi connectivity index (χ3v) is 4.62. The minimum absolute atomic E-state index is 0.361. The first-order valence-electron chi connectivity index (χ1n) is 8.46. The second-order valence-corrected chi connectivity index (χ2v) is 6.53. The largest absolute Gasteiger partial charge is 0.493 e. The van der Waals surface area contributed by atoms with E-state index >= 15 is 0 Å². The van der Waals surface area contributed by atoms with Crippen molar-refractivity contribution >= 4 is 11.8 Å². The van der Waals surface area contributed by atoms with Crippen LogP contribution in [0.15, 0.2) is 58.2 Å². The number of benzene rings is 2. The maximum Gasteiger partial charge on any atom is 0.237 e. The molecule has 0 bridgehead atoms. The highest BCUT2D eigenvalue weighted by atomic mass is 32.2. The van der Waals surface area contributed by atoms with E-state index in [1.165, 1.54) is 28.6 Å². The first-order chi connectivity index (χ1) is 13.7. The summed E-state index contributed by atoms with van der Waals surface area (Å²) in [7, 11) is 0. The second-order valence-electron chi connectivity index (χ2n) is 5.58. The standard InChI is InChI=1S/C18H15FN6O2S/c1-2-26-15-9-4-3-8-14(15)17-20-16(27-22-17)11-28-18-21-23-24-25(18)13-7-5-6-12(19)10-13/h3-10H,2,11H2,1H3. The van der Waals surface area contributed by atoms with E-state index in [0.29, 0.717) is 40.7 Å². The molecule has 0 fully saturated rings. The van der Waals surface area contributed by atoms with E-state index in [1.807, 2.05) is 31.2 Å². The molecule has 0 amide bonds. The Hall–Kier alpha value is -3.27. The van der Waals surface area contributed by atoms with Crippen LogP contribution in [0.4, 0.5) is 4.39 Å². The van der Waals surface area contributed by atoms with Gasteiger partial charge in [0, 0.05) is 0 Å². The Morgan fingerprint density at radius 1 is 1.18 bits per heavy atom. The van der Waals surface area contributed by atoms with E-state index < -0.39 is 0 Å². The Morgan fingerprint density at radius 3 is 2.93 bits per heavy atom. The van der Waals surface area contributed by atoms with Crippen molar-refractivity contribution in [1.82, 2.24) is 30.3 Å². The first-order valence-corrected chi connectivity index (χ1v) is 9.45. The van der Waals surface area contributed by atoms with Crippen LogP contribution in [-0.4, -0.2) is 37.0 Å². The predicted octanol–water partition coefficient (Wildman–Crippen LogP) is 3.54. The zero-order chi connectivity index (χ0) is 19.3. The number of hydrogen-bond donors (Lipinski definition) is 0. The van der Waals surface area contributed by atoms with Crippen molar-refractivity contribution in [2.24, 2.45) is 0 Å². The Balaban J connectivity index is 1.50. The first kappa shape index (κ1) is 18.1. The van der Waals surface area contributed by atoms with Gasteiger partial charge in [0.05, 0.1) is 23.6 Å². The zero-order valence-corrected chi connectivity index (χ0v) is 15.6. The summed E-state index contributed by atoms with van der Waals surface area (Å²) < 4.78 is 25.9. The van der Waals surface area contributed by atoms with Crippen LogP contribution in [0, 0.1) is 5.82 Å². The van der Waals surface area contributed by atoms with Gasteiger partial charge in [-0.3, -0.25) is 0 Å². The number of hydrogen-bond acceptors (Lipinski definition) is 8. The predicted molar refractivity (Wildman–Crippen MR) is 99.6 cm³/mol. The lowest BCUT2D eigenvalue weighted by Gasteiger charge is -2.06. The molecular weight excluding hydrogens is 383 g/mol. The summed E-state index contributed by atoms with van der Waals surface area (Å²) >= 11 is 1.31. The molecule has 8 nitrogen and oxygen atoms in total. The van der Waals surface area contributed by atoms with E-state index in [9.17, 15) is 4.39 Å². The SMILES string of the molecule is CCOc1ccccc1-c1noc(CSc2nnnn2-c2cccc(F)c2)n1. The molecule has 2 aromatic carbocycles. The molecule has 0 unspecified atom stereocenters. The van der Waals surface area contributed by atoms with Gasteiger partial charge < -0.3 is 9.26 Å². The number of para-hydroxylation sites is 1. The molecule has 0 N–H and O–H groups in total. The summed E-state index contributed by atoms with van der Waals surface area (Å²) in [6.45, 7) is 2.46. The van der Waals surface area contributed by atoms with Crippen molar-refractivity contribution in [2.45, 2.75) is 17.8 Å². The lowest BCUT2D eigenvalue weighted by Crippen LogP contribution is -1.99. The van der Waals surface area contributed by atoms with E-state index in [1.54, 1.807) is 12.1 Å². The van der Waals surface area contributed by atoms with Crippen molar-refractivity contribution in [1.29, 1.82) is 0 Å². The Kier molecular flexibility index (Phi) is 5.29. The fourth-order valence-electron chi connectivity index (χ4n) is 2.52. The lowest BCUT2D eigenvalue weighted by molar-refractivity contribution is 0.341. The number of ether oxygens (including phenoxy) is 1. The van der Waals surface area contributed by atoms with Crippen molar-refractivity contribution in [2.75, 3.05) is 6.61 Å². The number of aromatic nitrogens is 6. The molecule has 0 saturated carbocycles. The topological polar surface area (TPSA) is 91.8 Å². The van der Waals surface area contributed by atoms with Gasteiger partial charge >= 0.3 is 0 Å². The lowest BCUT2D eigenvalue weighted by atomic mass is 10.2. The van der Waals surface area contributed by atoms with Gasteiger partial charge in [0.2, 0.25) is 16.9 Å². The smallest absolute Gasteiger partial charge is 0.237 e. The molecule has 0 radical (unpaired) electrons. The average Bonchev–Trinajstić information content (AvgIpc) is 3.36. The molecule has 10 heteroatoms. The molecule has 4 rings (SSSR count). The minimum atomic E-state index is -0.363. The molecule has 0 spiro atoms. The third-order valence-electron chi connectivity index (χ3n) is 3.71. The van der Waals surface area contributed by atoms with Gasteiger partial charge in [-0.05, 0) is 47.7 Å². The Bertz CT molecular complexity index is 1080. The number of rotatable bonds is 7. The monoisotopic (exact) mass is 398 g/mol. The van der Waals surface area contributed by atoms with Crippen LogP contribution in [0.1, 0.15) is 12.8 Å². The molecule has 28 heavy (non-hydrogen) atoms. The van der Waals surface area contributed by atoms with E-state index in [0.717, 1.165) is 5.56 Å². The zero-order valence-electron chi connectivity index (χ0n) is 14.8. The van der Waals surface area contributed by atoms with Gasteiger partial charge in [0.1, 0.15) is 11.6 Å². The van der Waals surface area contributed by atoms with Crippen molar-refractivity contribution < 1.29 is 13.7 Å². The van der Waals surface area contributed by atoms with Crippen molar-refractivity contribution in [3.63, 3.8) is 0 Å². The van der Waals surface area contributed by atoms with Crippen LogP contribution < -0.4 is 4.74 Å². The van der Waals surface area contributed by atoms with Crippen LogP contribution >= 0.6 is 11.8 Å². The summed E-state index contributed by atoms with van der Waals surface area (Å²) in [4.78, 5) is 4.42. The van der Waals surface area contributed by atoms with Crippen LogP contribution in [0.2, 0.25) is 0 Å². The average molecular weight is 398 g/mol. The summed E-state index contributed by atoms with van der Waals surface area (Å²) in [5.74, 6) is 1.56. The van der Waals surface area contributed by atoms with E-state index in [4.69, 9.17) is 9.26 Å². The fraction of sp³-hybridized carbons (Fsp3) is 0.167. The molecule has 4 aromatic rings. The third kappa shape index (κ3) is 3.86.